The van der Waals surface area contributed by atoms with E-state index in [-0.39, 0.29) is 0 Å². The van der Waals surface area contributed by atoms with Gasteiger partial charge in [-0.15, -0.1) is 0 Å². The van der Waals surface area contributed by atoms with Gasteiger partial charge in [0.2, 0.25) is 0 Å². The van der Waals surface area contributed by atoms with Gasteiger partial charge in [-0.05, 0) is 147 Å². The van der Waals surface area contributed by atoms with Crippen LogP contribution in [0.1, 0.15) is 16.8 Å². The fourth-order valence-electron chi connectivity index (χ4n) is 10.4. The zero-order valence-electron chi connectivity index (χ0n) is 35.8. The summed E-state index contributed by atoms with van der Waals surface area (Å²) in [6.45, 7) is 0. The minimum absolute atomic E-state index is 0.782. The molecular weight excluding hydrogens is 785 g/mol. The smallest absolute Gasteiger partial charge is 0.0538 e. The van der Waals surface area contributed by atoms with Gasteiger partial charge >= 0.3 is 0 Å². The largest absolute Gasteiger partial charge is 0.405 e. The van der Waals surface area contributed by atoms with Gasteiger partial charge in [0.05, 0.1) is 11.2 Å². The minimum Gasteiger partial charge on any atom is -0.405 e. The summed E-state index contributed by atoms with van der Waals surface area (Å²) in [5.41, 5.74) is 21.9. The van der Waals surface area contributed by atoms with Crippen LogP contribution in [0, 0.1) is 0 Å². The minimum atomic E-state index is 0.782. The lowest BCUT2D eigenvalue weighted by Crippen LogP contribution is -1.99. The maximum atomic E-state index is 6.19. The molecule has 2 N–H and O–H groups in total. The van der Waals surface area contributed by atoms with Crippen molar-refractivity contribution in [2.45, 2.75) is 6.42 Å². The monoisotopic (exact) mass is 828 g/mol. The second-order valence-corrected chi connectivity index (χ2v) is 17.0. The highest BCUT2D eigenvalue weighted by Crippen LogP contribution is 2.47. The Balaban J connectivity index is 1.04. The Labute approximate surface area is 378 Å². The Bertz CT molecular complexity index is 3730. The van der Waals surface area contributed by atoms with Crippen molar-refractivity contribution in [3.05, 3.63) is 254 Å². The Morgan fingerprint density at radius 2 is 0.877 bits per heavy atom. The van der Waals surface area contributed by atoms with E-state index < -0.39 is 0 Å². The summed E-state index contributed by atoms with van der Waals surface area (Å²) in [6, 6.07) is 84.3. The SMILES string of the molecule is N/C=C\c1c(Cc2ccccc2)c2cc(-c3ccc(-c4c5ccccc5c(-c5ccc6cc(-c7ccccc7)ccc6c5)c5ccccc45)c4ccccc34)ccc2n1-c1ccccc1. The topological polar surface area (TPSA) is 30.9 Å². The van der Waals surface area contributed by atoms with Crippen molar-refractivity contribution in [3.8, 4) is 50.2 Å². The molecule has 0 saturated carbocycles. The molecule has 11 aromatic carbocycles. The van der Waals surface area contributed by atoms with Crippen LogP contribution in [0.3, 0.4) is 0 Å². The fourth-order valence-corrected chi connectivity index (χ4v) is 10.4. The van der Waals surface area contributed by atoms with Crippen LogP contribution < -0.4 is 5.73 Å². The molecular formula is C63H44N2. The first kappa shape index (κ1) is 38.2. The summed E-state index contributed by atoms with van der Waals surface area (Å²) in [5, 5.41) is 11.1. The zero-order chi connectivity index (χ0) is 43.3. The van der Waals surface area contributed by atoms with Crippen molar-refractivity contribution < 1.29 is 0 Å². The molecule has 65 heavy (non-hydrogen) atoms. The molecule has 2 heteroatoms. The lowest BCUT2D eigenvalue weighted by atomic mass is 9.83. The Morgan fingerprint density at radius 1 is 0.369 bits per heavy atom. The van der Waals surface area contributed by atoms with Gasteiger partial charge in [-0.1, -0.05) is 194 Å². The van der Waals surface area contributed by atoms with Crippen molar-refractivity contribution in [1.82, 2.24) is 4.57 Å². The van der Waals surface area contributed by atoms with E-state index in [0.29, 0.717) is 0 Å². The molecule has 0 aliphatic heterocycles. The zero-order valence-corrected chi connectivity index (χ0v) is 35.8. The van der Waals surface area contributed by atoms with Gasteiger partial charge in [0.1, 0.15) is 0 Å². The number of aromatic nitrogens is 1. The summed E-state index contributed by atoms with van der Waals surface area (Å²) < 4.78 is 2.35. The normalized spacial score (nSPS) is 11.8. The molecule has 0 aliphatic carbocycles. The van der Waals surface area contributed by atoms with Gasteiger partial charge in [0, 0.05) is 17.5 Å². The predicted octanol–water partition coefficient (Wildman–Crippen LogP) is 16.4. The summed E-state index contributed by atoms with van der Waals surface area (Å²) in [5.74, 6) is 0. The molecule has 0 unspecified atom stereocenters. The van der Waals surface area contributed by atoms with Gasteiger partial charge in [-0.2, -0.15) is 0 Å². The van der Waals surface area contributed by atoms with Crippen LogP contribution in [0.2, 0.25) is 0 Å². The molecule has 1 aromatic heterocycles. The lowest BCUT2D eigenvalue weighted by Gasteiger charge is -2.20. The van der Waals surface area contributed by atoms with Crippen molar-refractivity contribution in [1.29, 1.82) is 0 Å². The molecule has 0 saturated heterocycles. The maximum absolute atomic E-state index is 6.19. The third-order valence-electron chi connectivity index (χ3n) is 13.3. The number of fused-ring (bicyclic) bond motifs is 5. The van der Waals surface area contributed by atoms with Crippen LogP contribution in [0.4, 0.5) is 0 Å². The van der Waals surface area contributed by atoms with Gasteiger partial charge in [0.15, 0.2) is 0 Å². The third-order valence-corrected chi connectivity index (χ3v) is 13.3. The number of nitrogens with zero attached hydrogens (tertiary/aromatic N) is 1. The molecule has 12 aromatic rings. The summed E-state index contributed by atoms with van der Waals surface area (Å²) in [7, 11) is 0. The van der Waals surface area contributed by atoms with E-state index in [1.54, 1.807) is 6.20 Å². The predicted molar refractivity (Wildman–Crippen MR) is 278 cm³/mol. The number of nitrogens with two attached hydrogens (primary N) is 1. The van der Waals surface area contributed by atoms with E-state index in [9.17, 15) is 0 Å². The highest BCUT2D eigenvalue weighted by Gasteiger charge is 2.22. The average Bonchev–Trinajstić information content (AvgIpc) is 3.67. The molecule has 0 amide bonds. The van der Waals surface area contributed by atoms with Crippen LogP contribution >= 0.6 is 0 Å². The van der Waals surface area contributed by atoms with Crippen molar-refractivity contribution >= 4 is 60.1 Å². The van der Waals surface area contributed by atoms with E-state index >= 15 is 0 Å². The quantitative estimate of drug-likeness (QED) is 0.152. The molecule has 0 bridgehead atoms. The van der Waals surface area contributed by atoms with Crippen molar-refractivity contribution in [2.75, 3.05) is 0 Å². The van der Waals surface area contributed by atoms with Gasteiger partial charge in [-0.3, -0.25) is 0 Å². The lowest BCUT2D eigenvalue weighted by molar-refractivity contribution is 1.07. The second kappa shape index (κ2) is 16.0. The Morgan fingerprint density at radius 3 is 1.52 bits per heavy atom. The summed E-state index contributed by atoms with van der Waals surface area (Å²) in [4.78, 5) is 0. The molecule has 0 spiro atoms. The number of para-hydroxylation sites is 1. The molecule has 0 fully saturated rings. The molecule has 1 heterocycles. The van der Waals surface area contributed by atoms with Crippen LogP contribution in [0.25, 0.3) is 110 Å². The fraction of sp³-hybridized carbons (Fsp3) is 0.0159. The highest BCUT2D eigenvalue weighted by molar-refractivity contribution is 6.24. The number of hydrogen-bond acceptors (Lipinski definition) is 1. The van der Waals surface area contributed by atoms with Gasteiger partial charge in [0.25, 0.3) is 0 Å². The Kier molecular flexibility index (Phi) is 9.43. The van der Waals surface area contributed by atoms with Crippen molar-refractivity contribution in [2.24, 2.45) is 5.73 Å². The van der Waals surface area contributed by atoms with E-state index in [1.165, 1.54) is 104 Å². The molecule has 0 aliphatic rings. The first-order valence-electron chi connectivity index (χ1n) is 22.4. The number of benzene rings is 11. The van der Waals surface area contributed by atoms with E-state index in [2.05, 4.69) is 241 Å². The van der Waals surface area contributed by atoms with Crippen molar-refractivity contribution in [3.63, 3.8) is 0 Å². The molecule has 2 nitrogen and oxygen atoms in total. The molecule has 12 rings (SSSR count). The van der Waals surface area contributed by atoms with Crippen LogP contribution in [-0.4, -0.2) is 4.57 Å². The third kappa shape index (κ3) is 6.58. The highest BCUT2D eigenvalue weighted by atomic mass is 15.0. The first-order valence-corrected chi connectivity index (χ1v) is 22.4. The maximum Gasteiger partial charge on any atom is 0.0538 e. The molecule has 0 radical (unpaired) electrons. The van der Waals surface area contributed by atoms with Gasteiger partial charge < -0.3 is 10.3 Å². The first-order chi connectivity index (χ1) is 32.2. The van der Waals surface area contributed by atoms with Gasteiger partial charge in [-0.25, -0.2) is 0 Å². The van der Waals surface area contributed by atoms with Crippen LogP contribution in [0.5, 0.6) is 0 Å². The number of rotatable bonds is 8. The van der Waals surface area contributed by atoms with Crippen LogP contribution in [-0.2, 0) is 6.42 Å². The van der Waals surface area contributed by atoms with E-state index in [0.717, 1.165) is 23.3 Å². The van der Waals surface area contributed by atoms with Crippen LogP contribution in [0.15, 0.2) is 237 Å². The molecule has 306 valence electrons. The number of hydrogen-bond donors (Lipinski definition) is 1. The standard InChI is InChI=1S/C63H44N2/c64-37-36-61-58(38-42-16-4-1-5-17-42)59-41-47(32-35-60(59)65(61)49-20-8-3-9-21-49)50-33-34-57(52-23-11-10-22-51(50)52)63-55-26-14-12-24-53(55)62(54-25-13-15-27-56(54)63)48-31-30-45-39-44(28-29-46(45)40-48)43-18-6-2-7-19-43/h1-37,39-41H,38,64H2/b37-36-. The summed E-state index contributed by atoms with van der Waals surface area (Å²) >= 11 is 0. The summed E-state index contributed by atoms with van der Waals surface area (Å²) in [6.07, 6.45) is 4.50. The average molecular weight is 829 g/mol. The Hall–Kier alpha value is -8.46. The molecule has 0 atom stereocenters. The van der Waals surface area contributed by atoms with E-state index in [4.69, 9.17) is 5.73 Å². The second-order valence-electron chi connectivity index (χ2n) is 17.0. The van der Waals surface area contributed by atoms with E-state index in [1.807, 2.05) is 0 Å².